The van der Waals surface area contributed by atoms with Crippen molar-refractivity contribution in [1.82, 2.24) is 24.3 Å². The Balaban J connectivity index is 1.15. The number of aromatic nitrogens is 3. The maximum Gasteiger partial charge on any atom is 0.303 e. The van der Waals surface area contributed by atoms with Crippen molar-refractivity contribution >= 4 is 39.8 Å². The number of piperidine rings is 1. The zero-order valence-electron chi connectivity index (χ0n) is 25.0. The third kappa shape index (κ3) is 5.56. The van der Waals surface area contributed by atoms with Gasteiger partial charge in [0.05, 0.1) is 18.6 Å². The van der Waals surface area contributed by atoms with Crippen LogP contribution in [-0.2, 0) is 29.1 Å². The molecule has 2 N–H and O–H groups in total. The van der Waals surface area contributed by atoms with Crippen molar-refractivity contribution < 1.29 is 23.9 Å². The number of hydrogen-bond donors (Lipinski definition) is 2. The molecule has 45 heavy (non-hydrogen) atoms. The van der Waals surface area contributed by atoms with E-state index in [2.05, 4.69) is 33.2 Å². The van der Waals surface area contributed by atoms with Crippen LogP contribution in [0.3, 0.4) is 0 Å². The van der Waals surface area contributed by atoms with Crippen LogP contribution in [0, 0.1) is 17.7 Å². The lowest BCUT2D eigenvalue weighted by atomic mass is 9.84. The quantitative estimate of drug-likeness (QED) is 0.349. The molecule has 234 valence electrons. The number of aliphatic carboxylic acids is 1. The largest absolute Gasteiger partial charge is 0.481 e. The van der Waals surface area contributed by atoms with Crippen LogP contribution in [0.15, 0.2) is 47.9 Å². The van der Waals surface area contributed by atoms with Crippen molar-refractivity contribution in [2.45, 2.75) is 64.6 Å². The Kier molecular flexibility index (Phi) is 7.76. The predicted molar refractivity (Wildman–Crippen MR) is 167 cm³/mol. The van der Waals surface area contributed by atoms with Crippen LogP contribution in [0.1, 0.15) is 77.9 Å². The van der Waals surface area contributed by atoms with E-state index in [9.17, 15) is 14.4 Å². The molecule has 1 aromatic carbocycles. The zero-order chi connectivity index (χ0) is 31.2. The van der Waals surface area contributed by atoms with Crippen LogP contribution in [0.2, 0.25) is 0 Å². The van der Waals surface area contributed by atoms with Gasteiger partial charge in [0.25, 0.3) is 11.8 Å². The molecule has 2 unspecified atom stereocenters. The number of carbonyl (C=O) groups excluding carboxylic acids is 2. The number of carbonyl (C=O) groups is 3. The number of fused-ring (bicyclic) bond motifs is 2. The number of carboxylic acids is 1. The van der Waals surface area contributed by atoms with Gasteiger partial charge in [-0.2, -0.15) is 0 Å². The first-order valence-corrected chi connectivity index (χ1v) is 16.4. The number of nitrogens with zero attached hydrogens (tertiary/aromatic N) is 5. The molecule has 0 radical (unpaired) electrons. The summed E-state index contributed by atoms with van der Waals surface area (Å²) in [6.07, 6.45) is 11.8. The number of halogens is 1. The number of imidazole rings is 1. The van der Waals surface area contributed by atoms with Gasteiger partial charge in [-0.05, 0) is 73.3 Å². The highest BCUT2D eigenvalue weighted by Crippen LogP contribution is 2.40. The van der Waals surface area contributed by atoms with Gasteiger partial charge in [-0.3, -0.25) is 19.7 Å². The van der Waals surface area contributed by atoms with E-state index >= 15 is 4.39 Å². The van der Waals surface area contributed by atoms with Crippen LogP contribution in [0.4, 0.5) is 9.52 Å². The van der Waals surface area contributed by atoms with Crippen molar-refractivity contribution in [2.24, 2.45) is 11.8 Å². The van der Waals surface area contributed by atoms with E-state index in [1.807, 2.05) is 10.6 Å². The highest BCUT2D eigenvalue weighted by molar-refractivity contribution is 7.13. The molecule has 2 aromatic heterocycles. The van der Waals surface area contributed by atoms with Gasteiger partial charge < -0.3 is 19.5 Å². The smallest absolute Gasteiger partial charge is 0.303 e. The highest BCUT2D eigenvalue weighted by Gasteiger charge is 2.42. The molecular formula is C33H35FN6O4S. The Hall–Kier alpha value is -4.32. The van der Waals surface area contributed by atoms with Gasteiger partial charge in [0.2, 0.25) is 0 Å². The number of likely N-dealkylation sites (tertiary alicyclic amines) is 1. The van der Waals surface area contributed by atoms with E-state index < -0.39 is 29.6 Å². The number of benzene rings is 1. The fourth-order valence-electron chi connectivity index (χ4n) is 7.29. The lowest BCUT2D eigenvalue weighted by Gasteiger charge is -2.37. The Morgan fingerprint density at radius 1 is 1.18 bits per heavy atom. The molecule has 0 spiro atoms. The van der Waals surface area contributed by atoms with Gasteiger partial charge in [0, 0.05) is 60.1 Å². The average Bonchev–Trinajstić information content (AvgIpc) is 3.81. The van der Waals surface area contributed by atoms with E-state index in [4.69, 9.17) is 5.11 Å². The summed E-state index contributed by atoms with van der Waals surface area (Å²) in [6, 6.07) is 2.25. The van der Waals surface area contributed by atoms with Gasteiger partial charge in [-0.1, -0.05) is 13.0 Å². The summed E-state index contributed by atoms with van der Waals surface area (Å²) in [7, 11) is 0. The number of thiazole rings is 1. The van der Waals surface area contributed by atoms with Crippen molar-refractivity contribution in [3.05, 3.63) is 81.8 Å². The molecule has 1 aliphatic carbocycles. The van der Waals surface area contributed by atoms with Gasteiger partial charge >= 0.3 is 5.97 Å². The van der Waals surface area contributed by atoms with Crippen molar-refractivity contribution in [3.63, 3.8) is 0 Å². The molecular weight excluding hydrogens is 595 g/mol. The second-order valence-electron chi connectivity index (χ2n) is 12.4. The molecule has 1 saturated heterocycles. The second-order valence-corrected chi connectivity index (χ2v) is 13.3. The van der Waals surface area contributed by atoms with E-state index in [1.165, 1.54) is 28.0 Å². The lowest BCUT2D eigenvalue weighted by molar-refractivity contribution is -0.138. The topological polar surface area (TPSA) is 121 Å². The summed E-state index contributed by atoms with van der Waals surface area (Å²) in [5.41, 5.74) is 4.83. The molecule has 1 fully saturated rings. The lowest BCUT2D eigenvalue weighted by Crippen LogP contribution is -2.38. The number of nitrogens with one attached hydrogen (secondary N) is 1. The summed E-state index contributed by atoms with van der Waals surface area (Å²) in [6.45, 7) is 4.54. The minimum atomic E-state index is -1.02. The van der Waals surface area contributed by atoms with Crippen molar-refractivity contribution in [1.29, 1.82) is 0 Å². The Bertz CT molecular complexity index is 1720. The van der Waals surface area contributed by atoms with Gasteiger partial charge in [0.1, 0.15) is 5.82 Å². The minimum absolute atomic E-state index is 0.0287. The number of anilines is 1. The fourth-order valence-corrected chi connectivity index (χ4v) is 7.83. The molecule has 3 aliphatic heterocycles. The first kappa shape index (κ1) is 29.4. The maximum absolute atomic E-state index is 15.8. The maximum atomic E-state index is 15.8. The Morgan fingerprint density at radius 3 is 2.73 bits per heavy atom. The third-order valence-electron chi connectivity index (χ3n) is 9.61. The number of allylic oxidation sites excluding steroid dienone is 4. The molecule has 2 atom stereocenters. The Labute approximate surface area is 264 Å². The van der Waals surface area contributed by atoms with Crippen molar-refractivity contribution in [2.75, 3.05) is 18.4 Å². The first-order chi connectivity index (χ1) is 21.8. The molecule has 4 aliphatic rings. The first-order valence-electron chi connectivity index (χ1n) is 15.5. The van der Waals surface area contributed by atoms with E-state index in [0.29, 0.717) is 16.4 Å². The SMILES string of the molecule is CC1CC(N2CCC(CC(=O)O)CC2)=CC=C1c1cc(F)c2c(c1)C(=O)N(C(C(=O)Nc1nccs1)c1ncn3c1CCC3)C2. The molecule has 12 heteroatoms. The Morgan fingerprint density at radius 2 is 2.00 bits per heavy atom. The van der Waals surface area contributed by atoms with Crippen LogP contribution in [-0.4, -0.2) is 60.3 Å². The predicted octanol–water partition coefficient (Wildman–Crippen LogP) is 5.25. The van der Waals surface area contributed by atoms with Crippen LogP contribution < -0.4 is 5.32 Å². The zero-order valence-corrected chi connectivity index (χ0v) is 25.9. The van der Waals surface area contributed by atoms with Gasteiger partial charge in [0.15, 0.2) is 11.2 Å². The molecule has 2 amide bonds. The monoisotopic (exact) mass is 630 g/mol. The van der Waals surface area contributed by atoms with Gasteiger partial charge in [-0.25, -0.2) is 14.4 Å². The van der Waals surface area contributed by atoms with E-state index in [0.717, 1.165) is 63.0 Å². The third-order valence-corrected chi connectivity index (χ3v) is 10.3. The van der Waals surface area contributed by atoms with Crippen molar-refractivity contribution in [3.8, 4) is 0 Å². The average molecular weight is 631 g/mol. The number of carboxylic acid groups (broad SMARTS) is 1. The van der Waals surface area contributed by atoms with Crippen LogP contribution >= 0.6 is 11.3 Å². The summed E-state index contributed by atoms with van der Waals surface area (Å²) >= 11 is 1.29. The summed E-state index contributed by atoms with van der Waals surface area (Å²) in [4.78, 5) is 51.4. The summed E-state index contributed by atoms with van der Waals surface area (Å²) < 4.78 is 17.8. The number of hydrogen-bond acceptors (Lipinski definition) is 7. The summed E-state index contributed by atoms with van der Waals surface area (Å²) in [5, 5.41) is 14.2. The van der Waals surface area contributed by atoms with Crippen LogP contribution in [0.5, 0.6) is 0 Å². The van der Waals surface area contributed by atoms with Crippen LogP contribution in [0.25, 0.3) is 5.57 Å². The van der Waals surface area contributed by atoms with E-state index in [-0.39, 0.29) is 35.9 Å². The molecule has 0 bridgehead atoms. The second kappa shape index (κ2) is 11.9. The number of rotatable bonds is 8. The number of amides is 2. The van der Waals surface area contributed by atoms with E-state index in [1.54, 1.807) is 24.0 Å². The molecule has 0 saturated carbocycles. The molecule has 10 nitrogen and oxygen atoms in total. The molecule has 5 heterocycles. The standard InChI is InChI=1S/C33H35FN6O4S/c1-19-13-22(38-10-6-20(7-11-38)14-28(41)42)4-5-23(19)21-15-24-25(26(34)16-21)17-40(32(24)44)30(31(43)37-33-35-8-12-45-33)29-27-3-2-9-39(27)18-36-29/h4-5,8,12,15-16,18-20,30H,2-3,6-7,9-11,13-14,17H2,1H3,(H,41,42)(H,35,37,43). The highest BCUT2D eigenvalue weighted by atomic mass is 32.1. The molecule has 3 aromatic rings. The minimum Gasteiger partial charge on any atom is -0.481 e. The normalized spacial score (nSPS) is 20.5. The fraction of sp³-hybridized carbons (Fsp3) is 0.424. The van der Waals surface area contributed by atoms with Gasteiger partial charge in [-0.15, -0.1) is 11.3 Å². The number of aryl methyl sites for hydroxylation is 1. The molecule has 7 rings (SSSR count). The summed E-state index contributed by atoms with van der Waals surface area (Å²) in [5.74, 6) is -1.71.